The highest BCUT2D eigenvalue weighted by Gasteiger charge is 2.22. The monoisotopic (exact) mass is 341 g/mol. The Balaban J connectivity index is 1.86. The van der Waals surface area contributed by atoms with Gasteiger partial charge in [-0.3, -0.25) is 9.98 Å². The van der Waals surface area contributed by atoms with E-state index in [0.717, 1.165) is 36.2 Å². The molecule has 1 aromatic carbocycles. The molecule has 3 rings (SSSR count). The summed E-state index contributed by atoms with van der Waals surface area (Å²) in [5.74, 6) is 2.02. The summed E-state index contributed by atoms with van der Waals surface area (Å²) in [6, 6.07) is 12.6. The summed E-state index contributed by atoms with van der Waals surface area (Å²) in [5.41, 5.74) is 2.46. The second-order valence-electron chi connectivity index (χ2n) is 5.80. The van der Waals surface area contributed by atoms with Crippen molar-refractivity contribution in [2.75, 3.05) is 19.4 Å². The normalized spacial score (nSPS) is 15.5. The first-order valence-electron chi connectivity index (χ1n) is 8.24. The molecule has 1 aliphatic heterocycles. The quantitative estimate of drug-likeness (QED) is 0.819. The van der Waals surface area contributed by atoms with Crippen LogP contribution < -0.4 is 4.74 Å². The van der Waals surface area contributed by atoms with E-state index in [1.807, 2.05) is 42.4 Å². The number of nitrogens with zero attached hydrogens (tertiary/aromatic N) is 3. The largest absolute Gasteiger partial charge is 0.497 e. The van der Waals surface area contributed by atoms with Crippen LogP contribution in [-0.2, 0) is 6.54 Å². The summed E-state index contributed by atoms with van der Waals surface area (Å²) in [6.07, 6.45) is 4.90. The molecular formula is C19H23N3OS. The average Bonchev–Trinajstić information content (AvgIpc) is 2.67. The van der Waals surface area contributed by atoms with E-state index >= 15 is 0 Å². The van der Waals surface area contributed by atoms with Gasteiger partial charge in [0.25, 0.3) is 0 Å². The Morgan fingerprint density at radius 3 is 2.71 bits per heavy atom. The van der Waals surface area contributed by atoms with Crippen molar-refractivity contribution in [1.82, 2.24) is 9.88 Å². The molecule has 1 aliphatic rings. The van der Waals surface area contributed by atoms with Gasteiger partial charge in [-0.05, 0) is 42.7 Å². The topological polar surface area (TPSA) is 37.7 Å². The van der Waals surface area contributed by atoms with Gasteiger partial charge in [0, 0.05) is 31.2 Å². The zero-order chi connectivity index (χ0) is 16.8. The van der Waals surface area contributed by atoms with Gasteiger partial charge in [0.15, 0.2) is 5.17 Å². The summed E-state index contributed by atoms with van der Waals surface area (Å²) >= 11 is 1.85. The lowest BCUT2D eigenvalue weighted by Crippen LogP contribution is -2.33. The molecule has 1 aromatic heterocycles. The zero-order valence-corrected chi connectivity index (χ0v) is 15.0. The molecule has 0 spiro atoms. The van der Waals surface area contributed by atoms with Gasteiger partial charge in [-0.25, -0.2) is 0 Å². The van der Waals surface area contributed by atoms with Crippen molar-refractivity contribution < 1.29 is 4.74 Å². The second-order valence-corrected chi connectivity index (χ2v) is 6.87. The number of benzene rings is 1. The molecule has 0 fully saturated rings. The van der Waals surface area contributed by atoms with Crippen LogP contribution in [-0.4, -0.2) is 34.5 Å². The minimum atomic E-state index is 0.237. The summed E-state index contributed by atoms with van der Waals surface area (Å²) < 4.78 is 5.27. The smallest absolute Gasteiger partial charge is 0.159 e. The third kappa shape index (κ3) is 4.09. The van der Waals surface area contributed by atoms with E-state index in [4.69, 9.17) is 9.73 Å². The number of hydrogen-bond donors (Lipinski definition) is 0. The summed E-state index contributed by atoms with van der Waals surface area (Å²) in [4.78, 5) is 11.4. The fourth-order valence-corrected chi connectivity index (χ4v) is 3.77. The van der Waals surface area contributed by atoms with Crippen molar-refractivity contribution >= 4 is 16.9 Å². The predicted octanol–water partition coefficient (Wildman–Crippen LogP) is 4.15. The van der Waals surface area contributed by atoms with Crippen molar-refractivity contribution in [1.29, 1.82) is 0 Å². The van der Waals surface area contributed by atoms with Gasteiger partial charge < -0.3 is 9.64 Å². The molecule has 1 atom stereocenters. The molecule has 24 heavy (non-hydrogen) atoms. The highest BCUT2D eigenvalue weighted by atomic mass is 32.2. The Kier molecular flexibility index (Phi) is 5.75. The lowest BCUT2D eigenvalue weighted by Gasteiger charge is -2.33. The van der Waals surface area contributed by atoms with Crippen molar-refractivity contribution in [2.45, 2.75) is 25.9 Å². The van der Waals surface area contributed by atoms with Gasteiger partial charge in [-0.2, -0.15) is 0 Å². The van der Waals surface area contributed by atoms with Gasteiger partial charge >= 0.3 is 0 Å². The zero-order valence-electron chi connectivity index (χ0n) is 14.2. The number of amidine groups is 1. The number of hydrogen-bond acceptors (Lipinski definition) is 5. The first-order valence-corrected chi connectivity index (χ1v) is 9.23. The summed E-state index contributed by atoms with van der Waals surface area (Å²) in [6.45, 7) is 3.96. The Bertz CT molecular complexity index is 673. The summed E-state index contributed by atoms with van der Waals surface area (Å²) in [5, 5.41) is 1.13. The van der Waals surface area contributed by atoms with Crippen LogP contribution in [0.3, 0.4) is 0 Å². The second kappa shape index (κ2) is 8.20. The van der Waals surface area contributed by atoms with Crippen molar-refractivity contribution in [3.05, 3.63) is 59.9 Å². The standard InChI is InChI=1S/C19H23N3OS/c1-15(17-6-8-18(23-2)9-7-17)22(19-21-11-4-12-24-19)14-16-5-3-10-20-13-16/h3,5-10,13,15H,4,11-12,14H2,1-2H3. The molecule has 0 saturated carbocycles. The molecule has 5 heteroatoms. The van der Waals surface area contributed by atoms with Crippen LogP contribution in [0, 0.1) is 0 Å². The van der Waals surface area contributed by atoms with Gasteiger partial charge in [0.1, 0.15) is 5.75 Å². The molecule has 0 amide bonds. The molecule has 2 aromatic rings. The molecule has 126 valence electrons. The van der Waals surface area contributed by atoms with Crippen LogP contribution in [0.1, 0.15) is 30.5 Å². The number of ether oxygens (including phenoxy) is 1. The SMILES string of the molecule is COc1ccc(C(C)N(Cc2cccnc2)C2=NCCCS2)cc1. The Morgan fingerprint density at radius 1 is 1.25 bits per heavy atom. The molecule has 0 bridgehead atoms. The average molecular weight is 341 g/mol. The molecule has 1 unspecified atom stereocenters. The fourth-order valence-electron chi connectivity index (χ4n) is 2.74. The molecular weight excluding hydrogens is 318 g/mol. The Morgan fingerprint density at radius 2 is 2.08 bits per heavy atom. The van der Waals surface area contributed by atoms with Crippen LogP contribution in [0.25, 0.3) is 0 Å². The number of aliphatic imine (C=N–C) groups is 1. The highest BCUT2D eigenvalue weighted by molar-refractivity contribution is 8.13. The van der Waals surface area contributed by atoms with E-state index < -0.39 is 0 Å². The summed E-state index contributed by atoms with van der Waals surface area (Å²) in [7, 11) is 1.69. The molecule has 4 nitrogen and oxygen atoms in total. The fraction of sp³-hybridized carbons (Fsp3) is 0.368. The molecule has 2 heterocycles. The van der Waals surface area contributed by atoms with E-state index in [9.17, 15) is 0 Å². The molecule has 0 saturated heterocycles. The van der Waals surface area contributed by atoms with E-state index in [0.29, 0.717) is 0 Å². The van der Waals surface area contributed by atoms with Crippen LogP contribution in [0.5, 0.6) is 5.75 Å². The van der Waals surface area contributed by atoms with Crippen LogP contribution in [0.4, 0.5) is 0 Å². The van der Waals surface area contributed by atoms with Crippen LogP contribution in [0.2, 0.25) is 0 Å². The first kappa shape index (κ1) is 16.8. The first-order chi connectivity index (χ1) is 11.8. The number of methoxy groups -OCH3 is 1. The maximum atomic E-state index is 5.27. The van der Waals surface area contributed by atoms with Gasteiger partial charge in [-0.15, -0.1) is 0 Å². The maximum absolute atomic E-state index is 5.27. The van der Waals surface area contributed by atoms with Gasteiger partial charge in [0.05, 0.1) is 13.2 Å². The minimum absolute atomic E-state index is 0.237. The van der Waals surface area contributed by atoms with E-state index in [1.54, 1.807) is 7.11 Å². The minimum Gasteiger partial charge on any atom is -0.497 e. The van der Waals surface area contributed by atoms with E-state index in [-0.39, 0.29) is 6.04 Å². The third-order valence-corrected chi connectivity index (χ3v) is 5.28. The molecule has 0 radical (unpaired) electrons. The van der Waals surface area contributed by atoms with E-state index in [1.165, 1.54) is 11.1 Å². The number of pyridine rings is 1. The number of rotatable bonds is 5. The lowest BCUT2D eigenvalue weighted by atomic mass is 10.1. The van der Waals surface area contributed by atoms with E-state index in [2.05, 4.69) is 35.0 Å². The maximum Gasteiger partial charge on any atom is 0.159 e. The lowest BCUT2D eigenvalue weighted by molar-refractivity contribution is 0.333. The number of aromatic nitrogens is 1. The Labute approximate surface area is 148 Å². The van der Waals surface area contributed by atoms with Crippen molar-refractivity contribution in [3.63, 3.8) is 0 Å². The van der Waals surface area contributed by atoms with Crippen molar-refractivity contribution in [2.24, 2.45) is 4.99 Å². The highest BCUT2D eigenvalue weighted by Crippen LogP contribution is 2.29. The van der Waals surface area contributed by atoms with Crippen LogP contribution >= 0.6 is 11.8 Å². The molecule has 0 aliphatic carbocycles. The van der Waals surface area contributed by atoms with Crippen molar-refractivity contribution in [3.8, 4) is 5.75 Å². The third-order valence-electron chi connectivity index (χ3n) is 4.17. The molecule has 0 N–H and O–H groups in total. The van der Waals surface area contributed by atoms with Gasteiger partial charge in [0.2, 0.25) is 0 Å². The van der Waals surface area contributed by atoms with Gasteiger partial charge in [-0.1, -0.05) is 30.0 Å². The predicted molar refractivity (Wildman–Crippen MR) is 101 cm³/mol. The Hall–Kier alpha value is -2.01. The van der Waals surface area contributed by atoms with Crippen LogP contribution in [0.15, 0.2) is 53.8 Å². The number of thioether (sulfide) groups is 1.